The maximum Gasteiger partial charge on any atom is 0.244 e. The molecule has 1 N–H and O–H groups in total. The van der Waals surface area contributed by atoms with E-state index < -0.39 is 0 Å². The first-order valence-electron chi connectivity index (χ1n) is 5.81. The Balaban J connectivity index is 2.51. The molecular formula is C15H19NO. The quantitative estimate of drug-likeness (QED) is 0.610. The van der Waals surface area contributed by atoms with Crippen molar-refractivity contribution in [1.29, 1.82) is 0 Å². The minimum atomic E-state index is -0.0902. The molecule has 1 amide bonds. The second-order valence-corrected chi connectivity index (χ2v) is 4.10. The van der Waals surface area contributed by atoms with Crippen molar-refractivity contribution in [3.63, 3.8) is 0 Å². The van der Waals surface area contributed by atoms with Crippen molar-refractivity contribution < 1.29 is 4.79 Å². The molecule has 0 atom stereocenters. The van der Waals surface area contributed by atoms with Gasteiger partial charge in [-0.05, 0) is 30.5 Å². The van der Waals surface area contributed by atoms with Gasteiger partial charge >= 0.3 is 0 Å². The number of hydrogen-bond donors (Lipinski definition) is 1. The number of carbonyl (C=O) groups is 1. The van der Waals surface area contributed by atoms with Crippen LogP contribution in [0.15, 0.2) is 42.5 Å². The largest absolute Gasteiger partial charge is 0.349 e. The summed E-state index contributed by atoms with van der Waals surface area (Å²) >= 11 is 0. The van der Waals surface area contributed by atoms with Crippen LogP contribution in [0.5, 0.6) is 0 Å². The highest BCUT2D eigenvalue weighted by molar-refractivity contribution is 5.91. The molecule has 90 valence electrons. The average Bonchev–Trinajstić information content (AvgIpc) is 2.34. The Bertz CT molecular complexity index is 415. The van der Waals surface area contributed by atoms with Gasteiger partial charge in [0.05, 0.1) is 0 Å². The molecule has 0 aliphatic rings. The summed E-state index contributed by atoms with van der Waals surface area (Å²) in [5.41, 5.74) is 3.28. The summed E-state index contributed by atoms with van der Waals surface area (Å²) in [6.45, 7) is 8.25. The minimum Gasteiger partial charge on any atom is -0.349 e. The summed E-state index contributed by atoms with van der Waals surface area (Å²) in [5.74, 6) is -0.0902. The second kappa shape index (κ2) is 6.69. The van der Waals surface area contributed by atoms with Crippen LogP contribution in [-0.2, 0) is 11.2 Å². The number of hydrogen-bond acceptors (Lipinski definition) is 1. The lowest BCUT2D eigenvalue weighted by atomic mass is 10.1. The summed E-state index contributed by atoms with van der Waals surface area (Å²) in [6, 6.07) is 8.18. The van der Waals surface area contributed by atoms with Gasteiger partial charge in [0.15, 0.2) is 0 Å². The number of aryl methyl sites for hydroxylation is 1. The topological polar surface area (TPSA) is 29.1 Å². The lowest BCUT2D eigenvalue weighted by Crippen LogP contribution is -2.22. The molecule has 0 aromatic heterocycles. The molecule has 0 aliphatic heterocycles. The molecule has 0 fully saturated rings. The van der Waals surface area contributed by atoms with E-state index in [2.05, 4.69) is 31.0 Å². The van der Waals surface area contributed by atoms with Crippen LogP contribution in [0.25, 0.3) is 6.08 Å². The standard InChI is InChI=1S/C15H19NO/c1-4-13-5-7-14(8-6-13)9-10-15(17)16-11-12(2)3/h5-10H,2,4,11H2,1,3H3,(H,16,17)/b10-9+. The zero-order valence-corrected chi connectivity index (χ0v) is 10.5. The van der Waals surface area contributed by atoms with Gasteiger partial charge in [0.1, 0.15) is 0 Å². The van der Waals surface area contributed by atoms with E-state index in [0.29, 0.717) is 6.54 Å². The molecule has 17 heavy (non-hydrogen) atoms. The van der Waals surface area contributed by atoms with E-state index in [4.69, 9.17) is 0 Å². The highest BCUT2D eigenvalue weighted by atomic mass is 16.1. The summed E-state index contributed by atoms with van der Waals surface area (Å²) in [5, 5.41) is 2.75. The van der Waals surface area contributed by atoms with E-state index in [1.54, 1.807) is 6.08 Å². The molecule has 2 heteroatoms. The van der Waals surface area contributed by atoms with Gasteiger partial charge in [0.2, 0.25) is 5.91 Å². The molecule has 0 radical (unpaired) electrons. The highest BCUT2D eigenvalue weighted by Gasteiger charge is 1.94. The van der Waals surface area contributed by atoms with E-state index in [1.807, 2.05) is 25.1 Å². The van der Waals surface area contributed by atoms with E-state index in [1.165, 1.54) is 5.56 Å². The SMILES string of the molecule is C=C(C)CNC(=O)/C=C/c1ccc(CC)cc1. The highest BCUT2D eigenvalue weighted by Crippen LogP contribution is 2.06. The number of amides is 1. The van der Waals surface area contributed by atoms with Gasteiger partial charge in [-0.25, -0.2) is 0 Å². The van der Waals surface area contributed by atoms with Crippen molar-refractivity contribution in [2.24, 2.45) is 0 Å². The van der Waals surface area contributed by atoms with Crippen molar-refractivity contribution >= 4 is 12.0 Å². The van der Waals surface area contributed by atoms with Crippen molar-refractivity contribution in [3.05, 3.63) is 53.6 Å². The Kier molecular flexibility index (Phi) is 5.21. The molecule has 0 aliphatic carbocycles. The van der Waals surface area contributed by atoms with Gasteiger partial charge in [-0.3, -0.25) is 4.79 Å². The van der Waals surface area contributed by atoms with Crippen LogP contribution in [-0.4, -0.2) is 12.5 Å². The first-order chi connectivity index (χ1) is 8.11. The predicted octanol–water partition coefficient (Wildman–Crippen LogP) is 2.95. The molecule has 0 spiro atoms. The fourth-order valence-electron chi connectivity index (χ4n) is 1.33. The third kappa shape index (κ3) is 5.16. The fourth-order valence-corrected chi connectivity index (χ4v) is 1.33. The van der Waals surface area contributed by atoms with Gasteiger partial charge < -0.3 is 5.32 Å². The lowest BCUT2D eigenvalue weighted by Gasteiger charge is -2.00. The number of benzene rings is 1. The molecular weight excluding hydrogens is 210 g/mol. The Morgan fingerprint density at radius 2 is 2.00 bits per heavy atom. The maximum atomic E-state index is 11.4. The van der Waals surface area contributed by atoms with Crippen LogP contribution in [0.2, 0.25) is 0 Å². The van der Waals surface area contributed by atoms with E-state index >= 15 is 0 Å². The number of carbonyl (C=O) groups excluding carboxylic acids is 1. The van der Waals surface area contributed by atoms with Crippen molar-refractivity contribution in [1.82, 2.24) is 5.32 Å². The van der Waals surface area contributed by atoms with E-state index in [0.717, 1.165) is 17.6 Å². The van der Waals surface area contributed by atoms with Crippen molar-refractivity contribution in [2.75, 3.05) is 6.54 Å². The van der Waals surface area contributed by atoms with Gasteiger partial charge in [-0.1, -0.05) is 43.3 Å². The van der Waals surface area contributed by atoms with Gasteiger partial charge in [-0.15, -0.1) is 0 Å². The molecule has 1 aromatic carbocycles. The van der Waals surface area contributed by atoms with Crippen LogP contribution in [0.4, 0.5) is 0 Å². The molecule has 0 saturated heterocycles. The first kappa shape index (κ1) is 13.2. The molecule has 0 unspecified atom stereocenters. The van der Waals surface area contributed by atoms with Crippen LogP contribution in [0, 0.1) is 0 Å². The molecule has 0 heterocycles. The summed E-state index contributed by atoms with van der Waals surface area (Å²) < 4.78 is 0. The molecule has 0 saturated carbocycles. The van der Waals surface area contributed by atoms with Crippen LogP contribution in [0.3, 0.4) is 0 Å². The monoisotopic (exact) mass is 229 g/mol. The molecule has 1 aromatic rings. The van der Waals surface area contributed by atoms with Gasteiger partial charge in [0, 0.05) is 12.6 Å². The predicted molar refractivity (Wildman–Crippen MR) is 72.7 cm³/mol. The van der Waals surface area contributed by atoms with Crippen LogP contribution < -0.4 is 5.32 Å². The Hall–Kier alpha value is -1.83. The smallest absolute Gasteiger partial charge is 0.244 e. The third-order valence-electron chi connectivity index (χ3n) is 2.38. The van der Waals surface area contributed by atoms with Crippen molar-refractivity contribution in [3.8, 4) is 0 Å². The third-order valence-corrected chi connectivity index (χ3v) is 2.38. The number of rotatable bonds is 5. The second-order valence-electron chi connectivity index (χ2n) is 4.10. The van der Waals surface area contributed by atoms with E-state index in [-0.39, 0.29) is 5.91 Å². The maximum absolute atomic E-state index is 11.4. The number of nitrogens with one attached hydrogen (secondary N) is 1. The summed E-state index contributed by atoms with van der Waals surface area (Å²) in [6.07, 6.45) is 4.39. The first-order valence-corrected chi connectivity index (χ1v) is 5.81. The Morgan fingerprint density at radius 3 is 2.53 bits per heavy atom. The lowest BCUT2D eigenvalue weighted by molar-refractivity contribution is -0.116. The summed E-state index contributed by atoms with van der Waals surface area (Å²) in [4.78, 5) is 11.4. The molecule has 0 bridgehead atoms. The zero-order valence-electron chi connectivity index (χ0n) is 10.5. The normalized spacial score (nSPS) is 10.5. The Labute approximate surface area is 103 Å². The average molecular weight is 229 g/mol. The van der Waals surface area contributed by atoms with Gasteiger partial charge in [-0.2, -0.15) is 0 Å². The fraction of sp³-hybridized carbons (Fsp3) is 0.267. The summed E-state index contributed by atoms with van der Waals surface area (Å²) in [7, 11) is 0. The zero-order chi connectivity index (χ0) is 12.7. The molecule has 2 nitrogen and oxygen atoms in total. The van der Waals surface area contributed by atoms with Crippen molar-refractivity contribution in [2.45, 2.75) is 20.3 Å². The van der Waals surface area contributed by atoms with Gasteiger partial charge in [0.25, 0.3) is 0 Å². The van der Waals surface area contributed by atoms with E-state index in [9.17, 15) is 4.79 Å². The van der Waals surface area contributed by atoms with Crippen LogP contribution >= 0.6 is 0 Å². The molecule has 1 rings (SSSR count). The minimum absolute atomic E-state index is 0.0902. The van der Waals surface area contributed by atoms with Crippen LogP contribution in [0.1, 0.15) is 25.0 Å². The Morgan fingerprint density at radius 1 is 1.35 bits per heavy atom.